The van der Waals surface area contributed by atoms with Crippen molar-refractivity contribution in [3.05, 3.63) is 24.3 Å². The minimum atomic E-state index is -3.73. The molecule has 0 aliphatic rings. The number of aromatic hydroxyl groups is 1. The van der Waals surface area contributed by atoms with Crippen LogP contribution in [0.15, 0.2) is 29.2 Å². The van der Waals surface area contributed by atoms with Crippen LogP contribution in [0, 0.1) is 0 Å². The molecule has 0 unspecified atom stereocenters. The zero-order valence-corrected chi connectivity index (χ0v) is 11.8. The van der Waals surface area contributed by atoms with Crippen LogP contribution in [0.2, 0.25) is 0 Å². The van der Waals surface area contributed by atoms with E-state index in [2.05, 4.69) is 4.72 Å². The van der Waals surface area contributed by atoms with Crippen molar-refractivity contribution >= 4 is 15.9 Å². The highest BCUT2D eigenvalue weighted by atomic mass is 32.2. The molecule has 0 spiro atoms. The lowest BCUT2D eigenvalue weighted by atomic mass is 10.3. The van der Waals surface area contributed by atoms with E-state index >= 15 is 0 Å². The first kappa shape index (κ1) is 15.5. The molecule has 0 saturated carbocycles. The monoisotopic (exact) mass is 286 g/mol. The summed E-state index contributed by atoms with van der Waals surface area (Å²) >= 11 is 0. The molecule has 1 aromatic rings. The van der Waals surface area contributed by atoms with Crippen LogP contribution in [0.5, 0.6) is 5.75 Å². The third kappa shape index (κ3) is 4.22. The summed E-state index contributed by atoms with van der Waals surface area (Å²) in [6.45, 7) is 4.46. The Hall–Kier alpha value is -1.60. The summed E-state index contributed by atoms with van der Waals surface area (Å²) in [5.74, 6) is -0.287. The number of nitrogens with one attached hydrogen (secondary N) is 1. The molecule has 0 heterocycles. The van der Waals surface area contributed by atoms with Crippen LogP contribution < -0.4 is 4.72 Å². The van der Waals surface area contributed by atoms with E-state index in [0.717, 1.165) is 0 Å². The van der Waals surface area contributed by atoms with Crippen molar-refractivity contribution in [1.29, 1.82) is 0 Å². The van der Waals surface area contributed by atoms with Gasteiger partial charge in [0.1, 0.15) is 5.75 Å². The van der Waals surface area contributed by atoms with Crippen LogP contribution in [0.1, 0.15) is 13.8 Å². The lowest BCUT2D eigenvalue weighted by Gasteiger charge is -2.18. The number of likely N-dealkylation sites (N-methyl/N-ethyl adjacent to an activating group) is 1. The molecule has 0 saturated heterocycles. The van der Waals surface area contributed by atoms with Gasteiger partial charge in [-0.05, 0) is 38.1 Å². The molecule has 6 nitrogen and oxygen atoms in total. The van der Waals surface area contributed by atoms with Crippen molar-refractivity contribution < 1.29 is 18.3 Å². The fourth-order valence-corrected chi connectivity index (χ4v) is 2.53. The van der Waals surface area contributed by atoms with Gasteiger partial charge in [-0.1, -0.05) is 0 Å². The van der Waals surface area contributed by atoms with E-state index in [1.807, 2.05) is 13.8 Å². The summed E-state index contributed by atoms with van der Waals surface area (Å²) < 4.78 is 26.0. The second-order valence-electron chi connectivity index (χ2n) is 3.88. The van der Waals surface area contributed by atoms with E-state index < -0.39 is 10.0 Å². The first-order valence-electron chi connectivity index (χ1n) is 5.97. The molecule has 1 aromatic carbocycles. The Morgan fingerprint density at radius 2 is 1.74 bits per heavy atom. The maximum Gasteiger partial charge on any atom is 0.241 e. The van der Waals surface area contributed by atoms with Gasteiger partial charge in [-0.25, -0.2) is 13.1 Å². The Bertz CT molecular complexity index is 521. The molecule has 0 atom stereocenters. The quantitative estimate of drug-likeness (QED) is 0.799. The summed E-state index contributed by atoms with van der Waals surface area (Å²) in [4.78, 5) is 13.2. The zero-order valence-electron chi connectivity index (χ0n) is 11.0. The maximum absolute atomic E-state index is 11.9. The number of phenols is 1. The van der Waals surface area contributed by atoms with Crippen molar-refractivity contribution in [2.24, 2.45) is 0 Å². The number of amides is 1. The lowest BCUT2D eigenvalue weighted by Crippen LogP contribution is -2.39. The SMILES string of the molecule is CCN(CC)C(=O)CNS(=O)(=O)c1ccc(O)cc1. The second kappa shape index (κ2) is 6.53. The summed E-state index contributed by atoms with van der Waals surface area (Å²) in [6.07, 6.45) is 0. The Kier molecular flexibility index (Phi) is 5.31. The van der Waals surface area contributed by atoms with Gasteiger partial charge in [0.2, 0.25) is 15.9 Å². The Morgan fingerprint density at radius 1 is 1.21 bits per heavy atom. The summed E-state index contributed by atoms with van der Waals surface area (Å²) in [6, 6.07) is 5.11. The van der Waals surface area contributed by atoms with Gasteiger partial charge in [0.25, 0.3) is 0 Å². The van der Waals surface area contributed by atoms with Crippen LogP contribution in [-0.4, -0.2) is 44.0 Å². The molecule has 0 fully saturated rings. The molecular weight excluding hydrogens is 268 g/mol. The van der Waals surface area contributed by atoms with Crippen molar-refractivity contribution in [2.75, 3.05) is 19.6 Å². The predicted molar refractivity (Wildman–Crippen MR) is 71.2 cm³/mol. The Balaban J connectivity index is 2.71. The van der Waals surface area contributed by atoms with Crippen LogP contribution in [-0.2, 0) is 14.8 Å². The Morgan fingerprint density at radius 3 is 2.21 bits per heavy atom. The highest BCUT2D eigenvalue weighted by molar-refractivity contribution is 7.89. The molecule has 0 radical (unpaired) electrons. The van der Waals surface area contributed by atoms with E-state index in [0.29, 0.717) is 13.1 Å². The smallest absolute Gasteiger partial charge is 0.241 e. The summed E-state index contributed by atoms with van der Waals surface area (Å²) in [5, 5.41) is 9.10. The number of nitrogens with zero attached hydrogens (tertiary/aromatic N) is 1. The number of benzene rings is 1. The topological polar surface area (TPSA) is 86.7 Å². The van der Waals surface area contributed by atoms with Gasteiger partial charge >= 0.3 is 0 Å². The van der Waals surface area contributed by atoms with Crippen LogP contribution in [0.3, 0.4) is 0 Å². The molecule has 19 heavy (non-hydrogen) atoms. The summed E-state index contributed by atoms with van der Waals surface area (Å²) in [7, 11) is -3.73. The van der Waals surface area contributed by atoms with E-state index in [1.54, 1.807) is 4.90 Å². The minimum absolute atomic E-state index is 0.0117. The molecule has 1 amide bonds. The molecule has 2 N–H and O–H groups in total. The van der Waals surface area contributed by atoms with Crippen molar-refractivity contribution in [3.8, 4) is 5.75 Å². The van der Waals surface area contributed by atoms with Crippen molar-refractivity contribution in [3.63, 3.8) is 0 Å². The fraction of sp³-hybridized carbons (Fsp3) is 0.417. The number of hydrogen-bond acceptors (Lipinski definition) is 4. The average molecular weight is 286 g/mol. The number of phenolic OH excluding ortho intramolecular Hbond substituents is 1. The number of sulfonamides is 1. The second-order valence-corrected chi connectivity index (χ2v) is 5.65. The van der Waals surface area contributed by atoms with Gasteiger partial charge in [0, 0.05) is 13.1 Å². The fourth-order valence-electron chi connectivity index (χ4n) is 1.55. The first-order valence-corrected chi connectivity index (χ1v) is 7.45. The molecule has 106 valence electrons. The number of rotatable bonds is 6. The molecule has 0 aliphatic heterocycles. The van der Waals surface area contributed by atoms with Crippen LogP contribution >= 0.6 is 0 Å². The number of hydrogen-bond donors (Lipinski definition) is 2. The summed E-state index contributed by atoms with van der Waals surface area (Å²) in [5.41, 5.74) is 0. The predicted octanol–water partition coefficient (Wildman–Crippen LogP) is 0.539. The van der Waals surface area contributed by atoms with Crippen LogP contribution in [0.4, 0.5) is 0 Å². The molecule has 0 aromatic heterocycles. The standard InChI is InChI=1S/C12H18N2O4S/c1-3-14(4-2)12(16)9-13-19(17,18)11-7-5-10(15)6-8-11/h5-8,13,15H,3-4,9H2,1-2H3. The maximum atomic E-state index is 11.9. The van der Waals surface area contributed by atoms with E-state index in [9.17, 15) is 13.2 Å². The third-order valence-corrected chi connectivity index (χ3v) is 4.09. The van der Waals surface area contributed by atoms with E-state index in [-0.39, 0.29) is 23.1 Å². The van der Waals surface area contributed by atoms with Gasteiger partial charge in [0.05, 0.1) is 11.4 Å². The zero-order chi connectivity index (χ0) is 14.5. The van der Waals surface area contributed by atoms with Gasteiger partial charge in [0.15, 0.2) is 0 Å². The highest BCUT2D eigenvalue weighted by Crippen LogP contribution is 2.13. The highest BCUT2D eigenvalue weighted by Gasteiger charge is 2.17. The molecular formula is C12H18N2O4S. The largest absolute Gasteiger partial charge is 0.508 e. The van der Waals surface area contributed by atoms with Gasteiger partial charge in [-0.15, -0.1) is 0 Å². The van der Waals surface area contributed by atoms with Crippen molar-refractivity contribution in [2.45, 2.75) is 18.7 Å². The van der Waals surface area contributed by atoms with E-state index in [1.165, 1.54) is 24.3 Å². The minimum Gasteiger partial charge on any atom is -0.508 e. The molecule has 0 bridgehead atoms. The first-order chi connectivity index (χ1) is 8.90. The Labute approximate surface area is 113 Å². The molecule has 1 rings (SSSR count). The number of carbonyl (C=O) groups excluding carboxylic acids is 1. The number of carbonyl (C=O) groups is 1. The van der Waals surface area contributed by atoms with Crippen LogP contribution in [0.25, 0.3) is 0 Å². The molecule has 0 aliphatic carbocycles. The van der Waals surface area contributed by atoms with Gasteiger partial charge < -0.3 is 10.0 Å². The van der Waals surface area contributed by atoms with E-state index in [4.69, 9.17) is 5.11 Å². The third-order valence-electron chi connectivity index (χ3n) is 2.68. The van der Waals surface area contributed by atoms with Gasteiger partial charge in [-0.2, -0.15) is 0 Å². The van der Waals surface area contributed by atoms with Gasteiger partial charge in [-0.3, -0.25) is 4.79 Å². The normalized spacial score (nSPS) is 11.3. The lowest BCUT2D eigenvalue weighted by molar-refractivity contribution is -0.129. The van der Waals surface area contributed by atoms with Crippen molar-refractivity contribution in [1.82, 2.24) is 9.62 Å². The average Bonchev–Trinajstić information content (AvgIpc) is 2.38. The molecule has 7 heteroatoms.